The Labute approximate surface area is 165 Å². The summed E-state index contributed by atoms with van der Waals surface area (Å²) in [7, 11) is 0. The first-order valence-corrected chi connectivity index (χ1v) is 9.10. The number of carbonyl (C=O) groups is 2. The molecule has 1 aromatic heterocycles. The fraction of sp³-hybridized carbons (Fsp3) is 0.350. The van der Waals surface area contributed by atoms with E-state index in [4.69, 9.17) is 4.74 Å². The average Bonchev–Trinajstić information content (AvgIpc) is 3.09. The molecule has 1 aromatic carbocycles. The van der Waals surface area contributed by atoms with Crippen molar-refractivity contribution >= 4 is 11.8 Å². The number of carbonyl (C=O) groups excluding carboxylic acids is 2. The van der Waals surface area contributed by atoms with Gasteiger partial charge < -0.3 is 15.0 Å². The molecule has 2 amide bonds. The zero-order valence-corrected chi connectivity index (χ0v) is 15.5. The predicted molar refractivity (Wildman–Crippen MR) is 98.1 cm³/mol. The van der Waals surface area contributed by atoms with E-state index < -0.39 is 12.8 Å². The lowest BCUT2D eigenvalue weighted by atomic mass is 10.1. The molecular weight excluding hydrogens is 387 g/mol. The van der Waals surface area contributed by atoms with Crippen molar-refractivity contribution in [2.45, 2.75) is 32.1 Å². The summed E-state index contributed by atoms with van der Waals surface area (Å²) >= 11 is 0. The monoisotopic (exact) mass is 407 g/mol. The number of pyridine rings is 1. The minimum atomic E-state index is -4.48. The van der Waals surface area contributed by atoms with E-state index in [-0.39, 0.29) is 24.2 Å². The number of hydrogen-bond donors (Lipinski definition) is 1. The van der Waals surface area contributed by atoms with E-state index in [0.29, 0.717) is 30.6 Å². The number of alkyl halides is 3. The molecule has 9 heteroatoms. The van der Waals surface area contributed by atoms with Gasteiger partial charge in [0.05, 0.1) is 0 Å². The maximum atomic E-state index is 12.5. The number of ether oxygens (including phenoxy) is 1. The van der Waals surface area contributed by atoms with Gasteiger partial charge in [-0.3, -0.25) is 9.59 Å². The molecule has 0 radical (unpaired) electrons. The molecule has 1 aliphatic heterocycles. The highest BCUT2D eigenvalue weighted by Crippen LogP contribution is 2.20. The van der Waals surface area contributed by atoms with Crippen LogP contribution in [0, 0.1) is 0 Å². The van der Waals surface area contributed by atoms with Gasteiger partial charge in [-0.1, -0.05) is 18.2 Å². The fourth-order valence-corrected chi connectivity index (χ4v) is 3.02. The Balaban J connectivity index is 1.61. The summed E-state index contributed by atoms with van der Waals surface area (Å²) in [6.07, 6.45) is -1.78. The van der Waals surface area contributed by atoms with Gasteiger partial charge in [-0.25, -0.2) is 4.98 Å². The van der Waals surface area contributed by atoms with Crippen molar-refractivity contribution in [2.75, 3.05) is 13.2 Å². The third-order valence-electron chi connectivity index (χ3n) is 4.40. The summed E-state index contributed by atoms with van der Waals surface area (Å²) in [6, 6.07) is 9.99. The zero-order valence-electron chi connectivity index (χ0n) is 15.5. The van der Waals surface area contributed by atoms with Crippen molar-refractivity contribution in [3.8, 4) is 5.88 Å². The van der Waals surface area contributed by atoms with Crippen LogP contribution in [0.5, 0.6) is 5.88 Å². The van der Waals surface area contributed by atoms with Crippen LogP contribution >= 0.6 is 0 Å². The molecule has 1 saturated heterocycles. The highest BCUT2D eigenvalue weighted by Gasteiger charge is 2.29. The van der Waals surface area contributed by atoms with E-state index in [9.17, 15) is 22.8 Å². The van der Waals surface area contributed by atoms with Crippen molar-refractivity contribution in [1.82, 2.24) is 15.2 Å². The van der Waals surface area contributed by atoms with E-state index in [2.05, 4.69) is 10.3 Å². The number of hydrogen-bond acceptors (Lipinski definition) is 4. The molecule has 0 unspecified atom stereocenters. The van der Waals surface area contributed by atoms with Gasteiger partial charge in [0.25, 0.3) is 5.91 Å². The molecule has 29 heavy (non-hydrogen) atoms. The lowest BCUT2D eigenvalue weighted by Crippen LogP contribution is -2.26. The fourth-order valence-electron chi connectivity index (χ4n) is 3.02. The van der Waals surface area contributed by atoms with Crippen LogP contribution in [0.15, 0.2) is 42.6 Å². The van der Waals surface area contributed by atoms with E-state index in [1.807, 2.05) is 6.07 Å². The number of likely N-dealkylation sites (tertiary alicyclic amines) is 1. The first-order valence-electron chi connectivity index (χ1n) is 9.10. The van der Waals surface area contributed by atoms with Gasteiger partial charge in [-0.2, -0.15) is 13.2 Å². The summed E-state index contributed by atoms with van der Waals surface area (Å²) in [5.74, 6) is -0.459. The van der Waals surface area contributed by atoms with E-state index >= 15 is 0 Å². The number of rotatable bonds is 7. The molecule has 2 aromatic rings. The molecule has 1 aliphatic rings. The molecular formula is C20H20F3N3O3. The third-order valence-corrected chi connectivity index (χ3v) is 4.40. The molecule has 6 nitrogen and oxygen atoms in total. The topological polar surface area (TPSA) is 71.5 Å². The maximum absolute atomic E-state index is 12.5. The maximum Gasteiger partial charge on any atom is 0.422 e. The Morgan fingerprint density at radius 3 is 2.79 bits per heavy atom. The Bertz CT molecular complexity index is 887. The van der Waals surface area contributed by atoms with Gasteiger partial charge in [0.1, 0.15) is 0 Å². The second-order valence-electron chi connectivity index (χ2n) is 6.67. The molecule has 1 N–H and O–H groups in total. The number of amides is 2. The Morgan fingerprint density at radius 2 is 2.07 bits per heavy atom. The molecule has 1 fully saturated rings. The van der Waals surface area contributed by atoms with Crippen molar-refractivity contribution in [1.29, 1.82) is 0 Å². The molecule has 0 spiro atoms. The van der Waals surface area contributed by atoms with Crippen LogP contribution in [0.4, 0.5) is 13.2 Å². The first-order chi connectivity index (χ1) is 13.8. The van der Waals surface area contributed by atoms with E-state index in [0.717, 1.165) is 12.0 Å². The highest BCUT2D eigenvalue weighted by atomic mass is 19.4. The normalized spacial score (nSPS) is 14.2. The summed E-state index contributed by atoms with van der Waals surface area (Å²) in [5.41, 5.74) is 1.57. The summed E-state index contributed by atoms with van der Waals surface area (Å²) < 4.78 is 41.8. The molecule has 3 rings (SSSR count). The second-order valence-corrected chi connectivity index (χ2v) is 6.67. The minimum absolute atomic E-state index is 0.0330. The standard InChI is InChI=1S/C20H20F3N3O3/c21-20(22,23)13-29-19-16(6-2-8-24-19)11-25-18(28)15-5-1-4-14(10-15)12-26-9-3-7-17(26)27/h1-2,4-6,8,10H,3,7,9,11-13H2,(H,25,28). The summed E-state index contributed by atoms with van der Waals surface area (Å²) in [6.45, 7) is -0.341. The van der Waals surface area contributed by atoms with E-state index in [1.54, 1.807) is 29.2 Å². The predicted octanol–water partition coefficient (Wildman–Crippen LogP) is 3.08. The lowest BCUT2D eigenvalue weighted by molar-refractivity contribution is -0.154. The SMILES string of the molecule is O=C(NCc1cccnc1OCC(F)(F)F)c1cccc(CN2CCCC2=O)c1. The third kappa shape index (κ3) is 5.94. The average molecular weight is 407 g/mol. The Morgan fingerprint density at radius 1 is 1.24 bits per heavy atom. The molecule has 0 aliphatic carbocycles. The van der Waals surface area contributed by atoms with Gasteiger partial charge in [0.2, 0.25) is 11.8 Å². The van der Waals surface area contributed by atoms with Crippen LogP contribution in [0.1, 0.15) is 34.3 Å². The Kier molecular flexibility index (Phi) is 6.36. The highest BCUT2D eigenvalue weighted by molar-refractivity contribution is 5.94. The van der Waals surface area contributed by atoms with Gasteiger partial charge in [0.15, 0.2) is 6.61 Å². The molecule has 0 bridgehead atoms. The van der Waals surface area contributed by atoms with Crippen LogP contribution in [-0.2, 0) is 17.9 Å². The van der Waals surface area contributed by atoms with Crippen LogP contribution < -0.4 is 10.1 Å². The lowest BCUT2D eigenvalue weighted by Gasteiger charge is -2.16. The van der Waals surface area contributed by atoms with Crippen LogP contribution in [0.3, 0.4) is 0 Å². The zero-order chi connectivity index (χ0) is 20.9. The number of aromatic nitrogens is 1. The molecule has 0 atom stereocenters. The minimum Gasteiger partial charge on any atom is -0.468 e. The van der Waals surface area contributed by atoms with Crippen molar-refractivity contribution in [3.05, 3.63) is 59.3 Å². The first kappa shape index (κ1) is 20.6. The number of benzene rings is 1. The van der Waals surface area contributed by atoms with Crippen molar-refractivity contribution < 1.29 is 27.5 Å². The number of halogens is 3. The van der Waals surface area contributed by atoms with Gasteiger partial charge in [-0.15, -0.1) is 0 Å². The van der Waals surface area contributed by atoms with Gasteiger partial charge >= 0.3 is 6.18 Å². The quantitative estimate of drug-likeness (QED) is 0.766. The van der Waals surface area contributed by atoms with Crippen molar-refractivity contribution in [2.24, 2.45) is 0 Å². The van der Waals surface area contributed by atoms with Crippen LogP contribution in [0.25, 0.3) is 0 Å². The molecule has 2 heterocycles. The second kappa shape index (κ2) is 8.93. The smallest absolute Gasteiger partial charge is 0.422 e. The number of nitrogens with one attached hydrogen (secondary N) is 1. The van der Waals surface area contributed by atoms with Gasteiger partial charge in [0, 0.05) is 43.4 Å². The Hall–Kier alpha value is -3.10. The van der Waals surface area contributed by atoms with Crippen molar-refractivity contribution in [3.63, 3.8) is 0 Å². The van der Waals surface area contributed by atoms with E-state index in [1.165, 1.54) is 12.3 Å². The molecule has 0 saturated carbocycles. The van der Waals surface area contributed by atoms with Crippen LogP contribution in [-0.4, -0.2) is 41.0 Å². The summed E-state index contributed by atoms with van der Waals surface area (Å²) in [4.78, 5) is 29.8. The van der Waals surface area contributed by atoms with Gasteiger partial charge in [-0.05, 0) is 30.2 Å². The summed E-state index contributed by atoms with van der Waals surface area (Å²) in [5, 5.41) is 2.66. The van der Waals surface area contributed by atoms with Crippen LogP contribution in [0.2, 0.25) is 0 Å². The number of nitrogens with zero attached hydrogens (tertiary/aromatic N) is 2. The molecule has 154 valence electrons. The largest absolute Gasteiger partial charge is 0.468 e.